The Labute approximate surface area is 175 Å². The van der Waals surface area contributed by atoms with Gasteiger partial charge < -0.3 is 14.4 Å². The minimum atomic E-state index is -0.850. The number of anilines is 1. The van der Waals surface area contributed by atoms with Gasteiger partial charge in [-0.25, -0.2) is 4.90 Å². The average molecular weight is 408 g/mol. The van der Waals surface area contributed by atoms with Crippen molar-refractivity contribution in [1.82, 2.24) is 4.90 Å². The monoisotopic (exact) mass is 408 g/mol. The molecule has 2 saturated heterocycles. The molecule has 7 nitrogen and oxygen atoms in total. The minimum absolute atomic E-state index is 0.0393. The quantitative estimate of drug-likeness (QED) is 0.687. The molecule has 30 heavy (non-hydrogen) atoms. The molecule has 0 N–H and O–H groups in total. The van der Waals surface area contributed by atoms with Crippen LogP contribution in [0.2, 0.25) is 0 Å². The lowest BCUT2D eigenvalue weighted by atomic mass is 10.1. The predicted molar refractivity (Wildman–Crippen MR) is 110 cm³/mol. The van der Waals surface area contributed by atoms with Crippen molar-refractivity contribution >= 4 is 23.4 Å². The molecular weight excluding hydrogens is 384 g/mol. The van der Waals surface area contributed by atoms with E-state index in [0.717, 1.165) is 12.8 Å². The number of rotatable bonds is 6. The molecule has 2 aromatic rings. The molecule has 2 atom stereocenters. The van der Waals surface area contributed by atoms with E-state index in [4.69, 9.17) is 9.47 Å². The van der Waals surface area contributed by atoms with E-state index in [2.05, 4.69) is 0 Å². The Hall–Kier alpha value is -3.19. The topological polar surface area (TPSA) is 76.2 Å². The molecule has 156 valence electrons. The number of benzene rings is 2. The normalized spacial score (nSPS) is 21.2. The lowest BCUT2D eigenvalue weighted by Gasteiger charge is -2.30. The lowest BCUT2D eigenvalue weighted by molar-refractivity contribution is -0.122. The Bertz CT molecular complexity index is 922. The van der Waals surface area contributed by atoms with E-state index in [1.165, 1.54) is 9.80 Å². The molecule has 2 fully saturated rings. The number of ether oxygens (including phenoxy) is 2. The highest BCUT2D eigenvalue weighted by Gasteiger charge is 2.45. The SMILES string of the molecule is COc1ccc(C(=O)N(CC2CCCO2)C2CC(=O)N(c3ccccc3)C2=O)cc1. The number of imide groups is 1. The first-order valence-corrected chi connectivity index (χ1v) is 10.1. The molecule has 2 heterocycles. The van der Waals surface area contributed by atoms with E-state index in [9.17, 15) is 14.4 Å². The van der Waals surface area contributed by atoms with E-state index in [0.29, 0.717) is 23.6 Å². The highest BCUT2D eigenvalue weighted by Crippen LogP contribution is 2.28. The van der Waals surface area contributed by atoms with Crippen LogP contribution in [0.3, 0.4) is 0 Å². The number of carbonyl (C=O) groups is 3. The Morgan fingerprint density at radius 2 is 1.87 bits per heavy atom. The van der Waals surface area contributed by atoms with Gasteiger partial charge in [0.2, 0.25) is 5.91 Å². The van der Waals surface area contributed by atoms with Gasteiger partial charge in [0.25, 0.3) is 11.8 Å². The molecule has 0 bridgehead atoms. The summed E-state index contributed by atoms with van der Waals surface area (Å²) in [5.41, 5.74) is 0.955. The molecule has 2 aliphatic heterocycles. The molecule has 3 amide bonds. The van der Waals surface area contributed by atoms with Crippen molar-refractivity contribution in [2.45, 2.75) is 31.4 Å². The summed E-state index contributed by atoms with van der Waals surface area (Å²) in [6, 6.07) is 14.7. The summed E-state index contributed by atoms with van der Waals surface area (Å²) in [4.78, 5) is 42.0. The van der Waals surface area contributed by atoms with Crippen LogP contribution in [0.15, 0.2) is 54.6 Å². The smallest absolute Gasteiger partial charge is 0.257 e. The Morgan fingerprint density at radius 1 is 1.13 bits per heavy atom. The Kier molecular flexibility index (Phi) is 5.81. The first kappa shape index (κ1) is 20.1. The number of para-hydroxylation sites is 1. The number of nitrogens with zero attached hydrogens (tertiary/aromatic N) is 2. The largest absolute Gasteiger partial charge is 0.497 e. The number of hydrogen-bond donors (Lipinski definition) is 0. The maximum atomic E-state index is 13.4. The molecular formula is C23H24N2O5. The van der Waals surface area contributed by atoms with Gasteiger partial charge in [0.15, 0.2) is 0 Å². The summed E-state index contributed by atoms with van der Waals surface area (Å²) in [6.07, 6.45) is 1.57. The fourth-order valence-corrected chi connectivity index (χ4v) is 3.97. The van der Waals surface area contributed by atoms with Crippen LogP contribution in [0.25, 0.3) is 0 Å². The fourth-order valence-electron chi connectivity index (χ4n) is 3.97. The van der Waals surface area contributed by atoms with Gasteiger partial charge in [-0.2, -0.15) is 0 Å². The van der Waals surface area contributed by atoms with Crippen LogP contribution < -0.4 is 9.64 Å². The molecule has 7 heteroatoms. The third-order valence-corrected chi connectivity index (χ3v) is 5.54. The van der Waals surface area contributed by atoms with Crippen LogP contribution in [0.1, 0.15) is 29.6 Å². The molecule has 2 unspecified atom stereocenters. The number of hydrogen-bond acceptors (Lipinski definition) is 5. The third-order valence-electron chi connectivity index (χ3n) is 5.54. The van der Waals surface area contributed by atoms with Crippen LogP contribution in [-0.2, 0) is 14.3 Å². The molecule has 4 rings (SSSR count). The summed E-state index contributed by atoms with van der Waals surface area (Å²) in [5.74, 6) is -0.351. The van der Waals surface area contributed by atoms with E-state index < -0.39 is 6.04 Å². The van der Waals surface area contributed by atoms with Gasteiger partial charge in [-0.05, 0) is 49.2 Å². The van der Waals surface area contributed by atoms with E-state index >= 15 is 0 Å². The fraction of sp³-hybridized carbons (Fsp3) is 0.348. The number of methoxy groups -OCH3 is 1. The maximum absolute atomic E-state index is 13.4. The summed E-state index contributed by atoms with van der Waals surface area (Å²) in [5, 5.41) is 0. The first-order valence-electron chi connectivity index (χ1n) is 10.1. The third kappa shape index (κ3) is 3.93. The number of carbonyl (C=O) groups excluding carboxylic acids is 3. The van der Waals surface area contributed by atoms with Gasteiger partial charge in [0, 0.05) is 18.7 Å². The van der Waals surface area contributed by atoms with Gasteiger partial charge in [0.05, 0.1) is 25.3 Å². The number of amides is 3. The second-order valence-corrected chi connectivity index (χ2v) is 7.44. The Balaban J connectivity index is 1.62. The zero-order chi connectivity index (χ0) is 21.1. The van der Waals surface area contributed by atoms with Gasteiger partial charge in [-0.3, -0.25) is 14.4 Å². The minimum Gasteiger partial charge on any atom is -0.497 e. The van der Waals surface area contributed by atoms with Gasteiger partial charge in [0.1, 0.15) is 11.8 Å². The van der Waals surface area contributed by atoms with Crippen molar-refractivity contribution in [3.05, 3.63) is 60.2 Å². The van der Waals surface area contributed by atoms with Crippen LogP contribution in [0.5, 0.6) is 5.75 Å². The van der Waals surface area contributed by atoms with Crippen molar-refractivity contribution in [1.29, 1.82) is 0 Å². The van der Waals surface area contributed by atoms with Crippen LogP contribution >= 0.6 is 0 Å². The molecule has 0 radical (unpaired) electrons. The standard InChI is InChI=1S/C23H24N2O5/c1-29-18-11-9-16(10-12-18)22(27)24(15-19-8-5-13-30-19)20-14-21(26)25(23(20)28)17-6-3-2-4-7-17/h2-4,6-7,9-12,19-20H,5,8,13-15H2,1H3. The summed E-state index contributed by atoms with van der Waals surface area (Å²) >= 11 is 0. The zero-order valence-electron chi connectivity index (χ0n) is 16.8. The van der Waals surface area contributed by atoms with Gasteiger partial charge in [-0.15, -0.1) is 0 Å². The van der Waals surface area contributed by atoms with E-state index in [1.807, 2.05) is 6.07 Å². The summed E-state index contributed by atoms with van der Waals surface area (Å²) in [6.45, 7) is 0.917. The van der Waals surface area contributed by atoms with Crippen molar-refractivity contribution in [2.24, 2.45) is 0 Å². The van der Waals surface area contributed by atoms with Crippen molar-refractivity contribution in [2.75, 3.05) is 25.2 Å². The Morgan fingerprint density at radius 3 is 2.50 bits per heavy atom. The maximum Gasteiger partial charge on any atom is 0.257 e. The lowest BCUT2D eigenvalue weighted by Crippen LogP contribution is -2.48. The molecule has 0 aliphatic carbocycles. The van der Waals surface area contributed by atoms with Crippen molar-refractivity contribution < 1.29 is 23.9 Å². The highest BCUT2D eigenvalue weighted by molar-refractivity contribution is 6.23. The van der Waals surface area contributed by atoms with Crippen molar-refractivity contribution in [3.63, 3.8) is 0 Å². The van der Waals surface area contributed by atoms with Crippen LogP contribution in [0, 0.1) is 0 Å². The molecule has 2 aromatic carbocycles. The van der Waals surface area contributed by atoms with Crippen LogP contribution in [-0.4, -0.2) is 55.0 Å². The zero-order valence-corrected chi connectivity index (χ0v) is 16.8. The molecule has 2 aliphatic rings. The van der Waals surface area contributed by atoms with E-state index in [1.54, 1.807) is 55.6 Å². The van der Waals surface area contributed by atoms with E-state index in [-0.39, 0.29) is 36.8 Å². The second-order valence-electron chi connectivity index (χ2n) is 7.44. The van der Waals surface area contributed by atoms with Crippen LogP contribution in [0.4, 0.5) is 5.69 Å². The molecule has 0 spiro atoms. The summed E-state index contributed by atoms with van der Waals surface area (Å²) < 4.78 is 10.9. The van der Waals surface area contributed by atoms with Gasteiger partial charge in [-0.1, -0.05) is 18.2 Å². The molecule has 0 saturated carbocycles. The first-order chi connectivity index (χ1) is 14.6. The predicted octanol–water partition coefficient (Wildman–Crippen LogP) is 2.65. The van der Waals surface area contributed by atoms with Gasteiger partial charge >= 0.3 is 0 Å². The van der Waals surface area contributed by atoms with Crippen molar-refractivity contribution in [3.8, 4) is 5.75 Å². The second kappa shape index (κ2) is 8.67. The summed E-state index contributed by atoms with van der Waals surface area (Å²) in [7, 11) is 1.56. The average Bonchev–Trinajstić information content (AvgIpc) is 3.39. The molecule has 0 aromatic heterocycles. The highest BCUT2D eigenvalue weighted by atomic mass is 16.5.